The van der Waals surface area contributed by atoms with Gasteiger partial charge in [-0.25, -0.2) is 0 Å². The van der Waals surface area contributed by atoms with Crippen LogP contribution in [0.1, 0.15) is 54.4 Å². The topological polar surface area (TPSA) is 24.1 Å². The molecule has 0 radical (unpaired) electrons. The van der Waals surface area contributed by atoms with Crippen LogP contribution in [-0.4, -0.2) is 20.5 Å². The number of hydrogen-bond acceptors (Lipinski definition) is 2. The minimum absolute atomic E-state index is 0.646. The summed E-state index contributed by atoms with van der Waals surface area (Å²) in [6.07, 6.45) is 2.44. The molecule has 0 bridgehead atoms. The van der Waals surface area contributed by atoms with Crippen LogP contribution in [-0.2, 0) is 0 Å². The zero-order valence-corrected chi connectivity index (χ0v) is 12.5. The molecule has 0 aromatic rings. The highest BCUT2D eigenvalue weighted by molar-refractivity contribution is 6.75. The zero-order chi connectivity index (χ0) is 11.9. The minimum Gasteiger partial charge on any atom is -0.323 e. The van der Waals surface area contributed by atoms with Crippen molar-refractivity contribution in [2.45, 2.75) is 78.6 Å². The van der Waals surface area contributed by atoms with Gasteiger partial charge >= 0.3 is 0 Å². The minimum atomic E-state index is -1.41. The Balaban J connectivity index is 4.42. The monoisotopic (exact) mass is 230 g/mol. The van der Waals surface area contributed by atoms with Crippen molar-refractivity contribution < 1.29 is 0 Å². The molecular formula is C12H30N2Si. The lowest BCUT2D eigenvalue weighted by Crippen LogP contribution is -2.65. The fourth-order valence-electron chi connectivity index (χ4n) is 1.85. The first-order valence-electron chi connectivity index (χ1n) is 6.58. The van der Waals surface area contributed by atoms with Gasteiger partial charge in [-0.3, -0.25) is 0 Å². The molecule has 0 spiro atoms. The highest BCUT2D eigenvalue weighted by Gasteiger charge is 2.31. The van der Waals surface area contributed by atoms with Gasteiger partial charge in [0.25, 0.3) is 0 Å². The van der Waals surface area contributed by atoms with E-state index in [4.69, 9.17) is 0 Å². The summed E-state index contributed by atoms with van der Waals surface area (Å²) >= 11 is 0. The van der Waals surface area contributed by atoms with Crippen molar-refractivity contribution in [3.63, 3.8) is 0 Å². The Hall–Kier alpha value is 0.137. The van der Waals surface area contributed by atoms with E-state index in [0.29, 0.717) is 12.1 Å². The summed E-state index contributed by atoms with van der Waals surface area (Å²) in [6, 6.07) is 3.84. The van der Waals surface area contributed by atoms with Crippen molar-refractivity contribution in [2.24, 2.45) is 0 Å². The van der Waals surface area contributed by atoms with E-state index >= 15 is 0 Å². The van der Waals surface area contributed by atoms with E-state index in [0.717, 1.165) is 0 Å². The van der Waals surface area contributed by atoms with Gasteiger partial charge in [-0.05, 0) is 37.0 Å². The van der Waals surface area contributed by atoms with Crippen LogP contribution in [0.25, 0.3) is 0 Å². The summed E-state index contributed by atoms with van der Waals surface area (Å²) in [5.41, 5.74) is 0. The molecule has 2 atom stereocenters. The van der Waals surface area contributed by atoms with Crippen LogP contribution in [0.5, 0.6) is 0 Å². The quantitative estimate of drug-likeness (QED) is 0.626. The van der Waals surface area contributed by atoms with E-state index in [1.54, 1.807) is 0 Å². The molecular weight excluding hydrogens is 200 g/mol. The third-order valence-electron chi connectivity index (χ3n) is 3.48. The predicted octanol–water partition coefficient (Wildman–Crippen LogP) is 3.24. The van der Waals surface area contributed by atoms with E-state index < -0.39 is 8.40 Å². The molecule has 0 rings (SSSR count). The molecule has 0 aromatic heterocycles. The second-order valence-corrected chi connectivity index (χ2v) is 8.85. The Morgan fingerprint density at radius 3 is 1.33 bits per heavy atom. The molecule has 0 aliphatic heterocycles. The average Bonchev–Trinajstić information content (AvgIpc) is 2.27. The first-order chi connectivity index (χ1) is 7.03. The summed E-state index contributed by atoms with van der Waals surface area (Å²) in [5, 5.41) is 0. The maximum Gasteiger partial charge on any atom is 0.201 e. The predicted molar refractivity (Wildman–Crippen MR) is 72.5 cm³/mol. The SMILES string of the molecule is CCC(C)N[Si](CC)(CC)NC(C)CC. The van der Waals surface area contributed by atoms with Gasteiger partial charge in [0.2, 0.25) is 8.40 Å². The van der Waals surface area contributed by atoms with Gasteiger partial charge in [0.15, 0.2) is 0 Å². The van der Waals surface area contributed by atoms with Gasteiger partial charge < -0.3 is 9.96 Å². The molecule has 0 saturated carbocycles. The number of hydrogen-bond donors (Lipinski definition) is 2. The van der Waals surface area contributed by atoms with E-state index in [-0.39, 0.29) is 0 Å². The lowest BCUT2D eigenvalue weighted by atomic mass is 10.3. The molecule has 92 valence electrons. The third-order valence-corrected chi connectivity index (χ3v) is 7.98. The first-order valence-corrected chi connectivity index (χ1v) is 9.00. The Labute approximate surface area is 97.4 Å². The highest BCUT2D eigenvalue weighted by Crippen LogP contribution is 2.12. The van der Waals surface area contributed by atoms with Crippen molar-refractivity contribution >= 4 is 8.40 Å². The van der Waals surface area contributed by atoms with Crippen LogP contribution in [0, 0.1) is 0 Å². The number of rotatable bonds is 8. The molecule has 2 nitrogen and oxygen atoms in total. The molecule has 0 saturated heterocycles. The van der Waals surface area contributed by atoms with E-state index in [2.05, 4.69) is 51.5 Å². The second-order valence-electron chi connectivity index (χ2n) is 4.70. The van der Waals surface area contributed by atoms with Gasteiger partial charge in [-0.15, -0.1) is 0 Å². The number of nitrogens with one attached hydrogen (secondary N) is 2. The fourth-order valence-corrected chi connectivity index (χ4v) is 5.54. The summed E-state index contributed by atoms with van der Waals surface area (Å²) in [5.74, 6) is 0. The van der Waals surface area contributed by atoms with E-state index in [1.165, 1.54) is 24.9 Å². The molecule has 0 aliphatic carbocycles. The van der Waals surface area contributed by atoms with Gasteiger partial charge in [-0.1, -0.05) is 41.5 Å². The molecule has 0 aliphatic rings. The molecule has 2 N–H and O–H groups in total. The first kappa shape index (κ1) is 15.1. The second kappa shape index (κ2) is 7.42. The Morgan fingerprint density at radius 1 is 0.800 bits per heavy atom. The van der Waals surface area contributed by atoms with Crippen molar-refractivity contribution in [1.29, 1.82) is 0 Å². The van der Waals surface area contributed by atoms with Crippen LogP contribution >= 0.6 is 0 Å². The van der Waals surface area contributed by atoms with Crippen LogP contribution in [0.4, 0.5) is 0 Å². The van der Waals surface area contributed by atoms with Gasteiger partial charge in [0, 0.05) is 0 Å². The molecule has 0 amide bonds. The smallest absolute Gasteiger partial charge is 0.201 e. The van der Waals surface area contributed by atoms with E-state index in [1.807, 2.05) is 0 Å². The van der Waals surface area contributed by atoms with Gasteiger partial charge in [0.1, 0.15) is 0 Å². The van der Waals surface area contributed by atoms with Crippen LogP contribution in [0.15, 0.2) is 0 Å². The Kier molecular flexibility index (Phi) is 7.48. The summed E-state index contributed by atoms with van der Waals surface area (Å²) in [7, 11) is -1.41. The molecule has 15 heavy (non-hydrogen) atoms. The van der Waals surface area contributed by atoms with E-state index in [9.17, 15) is 0 Å². The summed E-state index contributed by atoms with van der Waals surface area (Å²) in [6.45, 7) is 13.7. The Morgan fingerprint density at radius 2 is 1.13 bits per heavy atom. The van der Waals surface area contributed by atoms with Crippen molar-refractivity contribution in [3.05, 3.63) is 0 Å². The van der Waals surface area contributed by atoms with Crippen LogP contribution < -0.4 is 9.96 Å². The highest BCUT2D eigenvalue weighted by atomic mass is 28.3. The molecule has 3 heteroatoms. The maximum atomic E-state index is 3.87. The average molecular weight is 230 g/mol. The maximum absolute atomic E-state index is 3.87. The Bertz CT molecular complexity index is 144. The standard InChI is InChI=1S/C12H30N2Si/c1-7-11(5)13-15(9-3,10-4)14-12(6)8-2/h11-14H,7-10H2,1-6H3. The van der Waals surface area contributed by atoms with Crippen molar-refractivity contribution in [3.8, 4) is 0 Å². The largest absolute Gasteiger partial charge is 0.323 e. The normalized spacial score (nSPS) is 16.4. The lowest BCUT2D eigenvalue weighted by molar-refractivity contribution is 0.580. The molecule has 2 unspecified atom stereocenters. The van der Waals surface area contributed by atoms with Crippen LogP contribution in [0.3, 0.4) is 0 Å². The lowest BCUT2D eigenvalue weighted by Gasteiger charge is -2.36. The summed E-state index contributed by atoms with van der Waals surface area (Å²) < 4.78 is 0. The fraction of sp³-hybridized carbons (Fsp3) is 1.00. The molecule has 0 fully saturated rings. The summed E-state index contributed by atoms with van der Waals surface area (Å²) in [4.78, 5) is 7.75. The van der Waals surface area contributed by atoms with Crippen molar-refractivity contribution in [1.82, 2.24) is 9.96 Å². The van der Waals surface area contributed by atoms with Crippen LogP contribution in [0.2, 0.25) is 12.1 Å². The zero-order valence-electron chi connectivity index (χ0n) is 11.5. The third kappa shape index (κ3) is 5.14. The van der Waals surface area contributed by atoms with Crippen molar-refractivity contribution in [2.75, 3.05) is 0 Å². The molecule has 0 aromatic carbocycles. The molecule has 0 heterocycles. The van der Waals surface area contributed by atoms with Gasteiger partial charge in [-0.2, -0.15) is 0 Å². The van der Waals surface area contributed by atoms with Gasteiger partial charge in [0.05, 0.1) is 0 Å².